The molecule has 4 nitrogen and oxygen atoms in total. The number of amides is 1. The minimum atomic E-state index is -0.972. The van der Waals surface area contributed by atoms with E-state index in [1.807, 2.05) is 35.8 Å². The average molecular weight is 312 g/mol. The van der Waals surface area contributed by atoms with Crippen LogP contribution in [0.2, 0.25) is 0 Å². The third-order valence-corrected chi connectivity index (χ3v) is 5.06. The van der Waals surface area contributed by atoms with Crippen LogP contribution >= 0.6 is 23.2 Å². The Labute approximate surface area is 127 Å². The van der Waals surface area contributed by atoms with Gasteiger partial charge in [-0.25, -0.2) is 4.98 Å². The molecule has 1 aromatic carbocycles. The molecule has 2 aromatic rings. The smallest absolute Gasteiger partial charge is 0.235 e. The lowest BCUT2D eigenvalue weighted by atomic mass is 10.1. The summed E-state index contributed by atoms with van der Waals surface area (Å²) in [5, 5.41) is 2.85. The van der Waals surface area contributed by atoms with Crippen molar-refractivity contribution < 1.29 is 4.79 Å². The fourth-order valence-corrected chi connectivity index (χ4v) is 3.08. The van der Waals surface area contributed by atoms with Crippen LogP contribution in [-0.4, -0.2) is 19.8 Å². The molecule has 1 unspecified atom stereocenters. The predicted molar refractivity (Wildman–Crippen MR) is 81.2 cm³/mol. The molecule has 20 heavy (non-hydrogen) atoms. The van der Waals surface area contributed by atoms with Crippen molar-refractivity contribution in [1.82, 2.24) is 9.55 Å². The van der Waals surface area contributed by atoms with Crippen LogP contribution in [0.3, 0.4) is 0 Å². The highest BCUT2D eigenvalue weighted by atomic mass is 35.5. The Balaban J connectivity index is 1.94. The van der Waals surface area contributed by atoms with Crippen LogP contribution in [0.25, 0.3) is 11.0 Å². The van der Waals surface area contributed by atoms with E-state index in [-0.39, 0.29) is 5.91 Å². The molecule has 1 aliphatic carbocycles. The Morgan fingerprint density at radius 2 is 2.10 bits per heavy atom. The number of rotatable bonds is 3. The van der Waals surface area contributed by atoms with Gasteiger partial charge in [-0.2, -0.15) is 0 Å². The fourth-order valence-electron chi connectivity index (χ4n) is 2.38. The van der Waals surface area contributed by atoms with Crippen molar-refractivity contribution in [3.8, 4) is 0 Å². The van der Waals surface area contributed by atoms with Crippen LogP contribution in [0.5, 0.6) is 0 Å². The van der Waals surface area contributed by atoms with E-state index < -0.39 is 9.75 Å². The number of anilines is 1. The molecule has 0 bridgehead atoms. The number of para-hydroxylation sites is 2. The number of carbonyl (C=O) groups is 1. The maximum Gasteiger partial charge on any atom is 0.235 e. The molecule has 0 saturated heterocycles. The maximum absolute atomic E-state index is 12.3. The summed E-state index contributed by atoms with van der Waals surface area (Å²) in [5.74, 6) is 0.350. The van der Waals surface area contributed by atoms with E-state index in [0.717, 1.165) is 17.6 Å². The quantitative estimate of drug-likeness (QED) is 0.881. The van der Waals surface area contributed by atoms with E-state index >= 15 is 0 Å². The van der Waals surface area contributed by atoms with Crippen LogP contribution in [0.4, 0.5) is 5.95 Å². The van der Waals surface area contributed by atoms with Gasteiger partial charge < -0.3 is 4.57 Å². The van der Waals surface area contributed by atoms with Gasteiger partial charge in [0.2, 0.25) is 11.9 Å². The second kappa shape index (κ2) is 4.37. The highest BCUT2D eigenvalue weighted by Crippen LogP contribution is 2.64. The highest BCUT2D eigenvalue weighted by molar-refractivity contribution is 6.53. The third-order valence-electron chi connectivity index (χ3n) is 3.96. The number of benzene rings is 1. The van der Waals surface area contributed by atoms with Crippen molar-refractivity contribution in [2.24, 2.45) is 5.41 Å². The van der Waals surface area contributed by atoms with Gasteiger partial charge in [0.25, 0.3) is 0 Å². The van der Waals surface area contributed by atoms with Crippen LogP contribution in [0.15, 0.2) is 24.3 Å². The van der Waals surface area contributed by atoms with E-state index in [2.05, 4.69) is 10.3 Å². The average Bonchev–Trinajstić information content (AvgIpc) is 2.78. The largest absolute Gasteiger partial charge is 0.310 e. The van der Waals surface area contributed by atoms with E-state index in [0.29, 0.717) is 12.4 Å². The second-order valence-corrected chi connectivity index (χ2v) is 6.82. The van der Waals surface area contributed by atoms with Gasteiger partial charge in [-0.05, 0) is 32.4 Å². The number of aromatic nitrogens is 2. The lowest BCUT2D eigenvalue weighted by Crippen LogP contribution is -2.27. The van der Waals surface area contributed by atoms with Gasteiger partial charge in [-0.3, -0.25) is 10.1 Å². The van der Waals surface area contributed by atoms with E-state index in [1.54, 1.807) is 6.92 Å². The van der Waals surface area contributed by atoms with Crippen molar-refractivity contribution in [3.63, 3.8) is 0 Å². The molecular weight excluding hydrogens is 297 g/mol. The van der Waals surface area contributed by atoms with Crippen LogP contribution in [0.1, 0.15) is 20.3 Å². The van der Waals surface area contributed by atoms with Crippen molar-refractivity contribution in [2.45, 2.75) is 31.1 Å². The molecule has 1 amide bonds. The summed E-state index contributed by atoms with van der Waals surface area (Å²) in [7, 11) is 0. The molecule has 1 N–H and O–H groups in total. The molecule has 0 radical (unpaired) electrons. The van der Waals surface area contributed by atoms with Gasteiger partial charge in [0, 0.05) is 6.54 Å². The van der Waals surface area contributed by atoms with Crippen LogP contribution in [-0.2, 0) is 11.3 Å². The van der Waals surface area contributed by atoms with Gasteiger partial charge in [0.15, 0.2) is 0 Å². The SMILES string of the molecule is CCn1c(NC(=O)C2(C)CC2(Cl)Cl)nc2ccccc21. The number of nitrogens with zero attached hydrogens (tertiary/aromatic N) is 2. The molecule has 106 valence electrons. The maximum atomic E-state index is 12.3. The summed E-state index contributed by atoms with van der Waals surface area (Å²) in [6.07, 6.45) is 0.460. The number of hydrogen-bond acceptors (Lipinski definition) is 2. The lowest BCUT2D eigenvalue weighted by Gasteiger charge is -2.13. The Morgan fingerprint density at radius 3 is 2.70 bits per heavy atom. The van der Waals surface area contributed by atoms with Crippen molar-refractivity contribution in [3.05, 3.63) is 24.3 Å². The highest BCUT2D eigenvalue weighted by Gasteiger charge is 2.68. The van der Waals surface area contributed by atoms with Gasteiger partial charge in [-0.1, -0.05) is 12.1 Å². The lowest BCUT2D eigenvalue weighted by molar-refractivity contribution is -0.120. The molecule has 1 atom stereocenters. The third kappa shape index (κ3) is 1.90. The van der Waals surface area contributed by atoms with Gasteiger partial charge >= 0.3 is 0 Å². The second-order valence-electron chi connectivity index (χ2n) is 5.34. The number of aryl methyl sites for hydroxylation is 1. The zero-order valence-corrected chi connectivity index (χ0v) is 12.8. The first kappa shape index (κ1) is 13.7. The number of halogens is 2. The number of carbonyl (C=O) groups excluding carboxylic acids is 1. The monoisotopic (exact) mass is 311 g/mol. The number of fused-ring (bicyclic) bond motifs is 1. The molecule has 1 heterocycles. The molecule has 6 heteroatoms. The summed E-state index contributed by atoms with van der Waals surface area (Å²) in [6, 6.07) is 7.77. The Kier molecular flexibility index (Phi) is 2.99. The minimum Gasteiger partial charge on any atom is -0.310 e. The van der Waals surface area contributed by atoms with Crippen molar-refractivity contribution in [1.29, 1.82) is 0 Å². The fraction of sp³-hybridized carbons (Fsp3) is 0.429. The van der Waals surface area contributed by atoms with Crippen molar-refractivity contribution in [2.75, 3.05) is 5.32 Å². The standard InChI is InChI=1S/C14H15Cl2N3O/c1-3-19-10-7-5-4-6-9(10)17-12(19)18-11(20)13(2)8-14(13,15)16/h4-7H,3,8H2,1-2H3,(H,17,18,20). The summed E-state index contributed by atoms with van der Waals surface area (Å²) >= 11 is 12.1. The molecule has 1 saturated carbocycles. The summed E-state index contributed by atoms with van der Waals surface area (Å²) in [4.78, 5) is 16.8. The number of hydrogen-bond donors (Lipinski definition) is 1. The first-order valence-corrected chi connectivity index (χ1v) is 7.29. The van der Waals surface area contributed by atoms with Crippen molar-refractivity contribution >= 4 is 46.1 Å². The summed E-state index contributed by atoms with van der Waals surface area (Å²) in [6.45, 7) is 4.50. The summed E-state index contributed by atoms with van der Waals surface area (Å²) in [5.41, 5.74) is 1.11. The predicted octanol–water partition coefficient (Wildman–Crippen LogP) is 3.58. The molecule has 3 rings (SSSR count). The normalized spacial score (nSPS) is 23.8. The summed E-state index contributed by atoms with van der Waals surface area (Å²) < 4.78 is 0.989. The molecule has 1 aromatic heterocycles. The number of nitrogens with one attached hydrogen (secondary N) is 1. The number of alkyl halides is 2. The van der Waals surface area contributed by atoms with Crippen LogP contribution < -0.4 is 5.32 Å². The molecular formula is C14H15Cl2N3O. The molecule has 0 aliphatic heterocycles. The zero-order chi connectivity index (χ0) is 14.5. The van der Waals surface area contributed by atoms with Crippen LogP contribution in [0, 0.1) is 5.41 Å². The minimum absolute atomic E-state index is 0.187. The first-order chi connectivity index (χ1) is 9.39. The Morgan fingerprint density at radius 1 is 1.45 bits per heavy atom. The van der Waals surface area contributed by atoms with Gasteiger partial charge in [0.05, 0.1) is 16.4 Å². The van der Waals surface area contributed by atoms with E-state index in [1.165, 1.54) is 0 Å². The number of imidazole rings is 1. The van der Waals surface area contributed by atoms with Gasteiger partial charge in [0.1, 0.15) is 4.33 Å². The molecule has 1 fully saturated rings. The van der Waals surface area contributed by atoms with Gasteiger partial charge in [-0.15, -0.1) is 23.2 Å². The Hall–Kier alpha value is -1.26. The van der Waals surface area contributed by atoms with E-state index in [4.69, 9.17) is 23.2 Å². The van der Waals surface area contributed by atoms with E-state index in [9.17, 15) is 4.79 Å². The first-order valence-electron chi connectivity index (χ1n) is 6.53. The zero-order valence-electron chi connectivity index (χ0n) is 11.3. The molecule has 0 spiro atoms. The topological polar surface area (TPSA) is 46.9 Å². The molecule has 1 aliphatic rings. The Bertz CT molecular complexity index is 695.